The lowest BCUT2D eigenvalue weighted by atomic mass is 9.92. The number of aromatic nitrogens is 4. The molecule has 0 saturated heterocycles. The summed E-state index contributed by atoms with van der Waals surface area (Å²) in [5, 5.41) is 13.5. The van der Waals surface area contributed by atoms with Crippen LogP contribution < -0.4 is 0 Å². The molecule has 0 unspecified atom stereocenters. The number of nitrogens with zero attached hydrogens (tertiary/aromatic N) is 5. The van der Waals surface area contributed by atoms with Crippen LogP contribution in [-0.4, -0.2) is 19.1 Å². The highest BCUT2D eigenvalue weighted by Gasteiger charge is 2.24. The fourth-order valence-corrected chi connectivity index (χ4v) is 9.33. The Morgan fingerprint density at radius 2 is 0.969 bits per heavy atom. The molecule has 5 heteroatoms. The van der Waals surface area contributed by atoms with E-state index in [9.17, 15) is 5.26 Å². The molecule has 0 radical (unpaired) electrons. The maximum absolute atomic E-state index is 10.3. The van der Waals surface area contributed by atoms with Crippen LogP contribution >= 0.6 is 0 Å². The highest BCUT2D eigenvalue weighted by molar-refractivity contribution is 6.12. The van der Waals surface area contributed by atoms with Crippen molar-refractivity contribution in [3.05, 3.63) is 223 Å². The SMILES string of the molecule is C/C=C\c1c(C)n(-c2ccc3c(c2)c2cc(C#N)ccc2n3-c2c(-c3ccccc3)cc(-c3nc(-c4ccccc4)cc(-c4ccccc4)n3)cc2-c2ccccc2)c2ccccc12. The highest BCUT2D eigenvalue weighted by Crippen LogP contribution is 2.45. The average molecular weight is 820 g/mol. The maximum atomic E-state index is 10.3. The van der Waals surface area contributed by atoms with Gasteiger partial charge in [-0.05, 0) is 85.6 Å². The van der Waals surface area contributed by atoms with E-state index < -0.39 is 0 Å². The van der Waals surface area contributed by atoms with Crippen molar-refractivity contribution in [3.8, 4) is 73.6 Å². The fraction of sp³-hybridized carbons (Fsp3) is 0.0339. The molecular weight excluding hydrogens is 779 g/mol. The molecule has 0 bridgehead atoms. The summed E-state index contributed by atoms with van der Waals surface area (Å²) in [6, 6.07) is 72.3. The number of para-hydroxylation sites is 1. The van der Waals surface area contributed by atoms with E-state index in [0.717, 1.165) is 89.0 Å². The maximum Gasteiger partial charge on any atom is 0.160 e. The molecule has 64 heavy (non-hydrogen) atoms. The molecule has 0 aliphatic carbocycles. The predicted octanol–water partition coefficient (Wildman–Crippen LogP) is 15.1. The van der Waals surface area contributed by atoms with E-state index in [0.29, 0.717) is 11.4 Å². The van der Waals surface area contributed by atoms with Gasteiger partial charge < -0.3 is 9.13 Å². The van der Waals surface area contributed by atoms with Gasteiger partial charge in [0.15, 0.2) is 5.82 Å². The highest BCUT2D eigenvalue weighted by atomic mass is 15.0. The largest absolute Gasteiger partial charge is 0.313 e. The number of hydrogen-bond donors (Lipinski definition) is 0. The van der Waals surface area contributed by atoms with Crippen molar-refractivity contribution in [2.45, 2.75) is 13.8 Å². The molecule has 8 aromatic carbocycles. The number of benzene rings is 8. The zero-order valence-corrected chi connectivity index (χ0v) is 35.4. The van der Waals surface area contributed by atoms with Gasteiger partial charge in [-0.1, -0.05) is 152 Å². The summed E-state index contributed by atoms with van der Waals surface area (Å²) in [6.45, 7) is 4.26. The van der Waals surface area contributed by atoms with Crippen molar-refractivity contribution in [2.75, 3.05) is 0 Å². The van der Waals surface area contributed by atoms with Gasteiger partial charge in [0.1, 0.15) is 0 Å². The zero-order valence-electron chi connectivity index (χ0n) is 35.4. The van der Waals surface area contributed by atoms with Crippen molar-refractivity contribution >= 4 is 38.8 Å². The molecule has 5 nitrogen and oxygen atoms in total. The van der Waals surface area contributed by atoms with E-state index in [1.165, 1.54) is 16.6 Å². The molecule has 0 fully saturated rings. The third kappa shape index (κ3) is 6.57. The van der Waals surface area contributed by atoms with Crippen LogP contribution in [0.5, 0.6) is 0 Å². The molecule has 11 rings (SSSR count). The summed E-state index contributed by atoms with van der Waals surface area (Å²) in [5.41, 5.74) is 17.1. The molecule has 0 aliphatic heterocycles. The molecule has 0 aliphatic rings. The lowest BCUT2D eigenvalue weighted by molar-refractivity contribution is 1.05. The minimum Gasteiger partial charge on any atom is -0.313 e. The van der Waals surface area contributed by atoms with E-state index in [4.69, 9.17) is 9.97 Å². The van der Waals surface area contributed by atoms with Crippen molar-refractivity contribution in [1.82, 2.24) is 19.1 Å². The predicted molar refractivity (Wildman–Crippen MR) is 265 cm³/mol. The third-order valence-corrected chi connectivity index (χ3v) is 12.3. The minimum absolute atomic E-state index is 0.612. The van der Waals surface area contributed by atoms with Gasteiger partial charge >= 0.3 is 0 Å². The lowest BCUT2D eigenvalue weighted by Gasteiger charge is -2.21. The molecule has 0 atom stereocenters. The van der Waals surface area contributed by atoms with Gasteiger partial charge in [-0.3, -0.25) is 0 Å². The molecule has 0 amide bonds. The summed E-state index contributed by atoms with van der Waals surface area (Å²) in [6.07, 6.45) is 4.30. The van der Waals surface area contributed by atoms with Gasteiger partial charge in [0, 0.05) is 60.9 Å². The van der Waals surface area contributed by atoms with Gasteiger partial charge in [0.05, 0.1) is 45.3 Å². The van der Waals surface area contributed by atoms with Crippen LogP contribution in [0.4, 0.5) is 0 Å². The summed E-state index contributed by atoms with van der Waals surface area (Å²) >= 11 is 0. The van der Waals surface area contributed by atoms with Gasteiger partial charge in [0.2, 0.25) is 0 Å². The first-order chi connectivity index (χ1) is 31.6. The summed E-state index contributed by atoms with van der Waals surface area (Å²) in [4.78, 5) is 10.6. The quantitative estimate of drug-likeness (QED) is 0.153. The van der Waals surface area contributed by atoms with Crippen LogP contribution in [0.3, 0.4) is 0 Å². The normalized spacial score (nSPS) is 11.5. The molecule has 302 valence electrons. The molecule has 3 aromatic heterocycles. The topological polar surface area (TPSA) is 59.4 Å². The van der Waals surface area contributed by atoms with Crippen LogP contribution in [0.2, 0.25) is 0 Å². The first-order valence-corrected chi connectivity index (χ1v) is 21.6. The van der Waals surface area contributed by atoms with E-state index in [2.05, 4.69) is 193 Å². The monoisotopic (exact) mass is 819 g/mol. The van der Waals surface area contributed by atoms with Crippen LogP contribution in [0.25, 0.3) is 106 Å². The van der Waals surface area contributed by atoms with E-state index in [1.807, 2.05) is 48.5 Å². The standard InChI is InChI=1S/C59H41N5/c1-3-18-47-39(2)63(55-28-17-16-27-48(47)55)46-30-32-57-52(36-46)51-33-40(38-60)29-31-56(51)64(57)58-49(41-19-8-4-9-20-41)34-45(35-50(58)42-21-10-5-11-22-42)59-61-53(43-23-12-6-13-24-43)37-54(62-59)44-25-14-7-15-26-44/h3-37H,1-2H3/b18-3-. The van der Waals surface area contributed by atoms with Crippen LogP contribution in [0.15, 0.2) is 206 Å². The Kier molecular flexibility index (Phi) is 9.60. The van der Waals surface area contributed by atoms with Crippen LogP contribution in [0.1, 0.15) is 23.7 Å². The Morgan fingerprint density at radius 1 is 0.469 bits per heavy atom. The average Bonchev–Trinajstić information content (AvgIpc) is 3.84. The second kappa shape index (κ2) is 16.0. The number of fused-ring (bicyclic) bond motifs is 4. The van der Waals surface area contributed by atoms with Crippen molar-refractivity contribution < 1.29 is 0 Å². The number of nitriles is 1. The Hall–Kier alpha value is -8.59. The summed E-state index contributed by atoms with van der Waals surface area (Å²) in [7, 11) is 0. The molecule has 0 saturated carbocycles. The van der Waals surface area contributed by atoms with E-state index in [1.54, 1.807) is 0 Å². The molecule has 0 spiro atoms. The first kappa shape index (κ1) is 38.3. The van der Waals surface area contributed by atoms with Gasteiger partial charge in [-0.15, -0.1) is 0 Å². The van der Waals surface area contributed by atoms with E-state index >= 15 is 0 Å². The molecule has 11 aromatic rings. The molecule has 3 heterocycles. The fourth-order valence-electron chi connectivity index (χ4n) is 9.33. The number of allylic oxidation sites excluding steroid dienone is 1. The van der Waals surface area contributed by atoms with Crippen LogP contribution in [0, 0.1) is 18.3 Å². The van der Waals surface area contributed by atoms with Crippen LogP contribution in [-0.2, 0) is 0 Å². The Balaban J connectivity index is 1.23. The molecule has 0 N–H and O–H groups in total. The van der Waals surface area contributed by atoms with Gasteiger partial charge in [-0.25, -0.2) is 9.97 Å². The Labute approximate surface area is 372 Å². The van der Waals surface area contributed by atoms with Gasteiger partial charge in [-0.2, -0.15) is 5.26 Å². The lowest BCUT2D eigenvalue weighted by Crippen LogP contribution is -2.03. The smallest absolute Gasteiger partial charge is 0.160 e. The Morgan fingerprint density at radius 3 is 1.53 bits per heavy atom. The van der Waals surface area contributed by atoms with Crippen molar-refractivity contribution in [1.29, 1.82) is 5.26 Å². The van der Waals surface area contributed by atoms with Gasteiger partial charge in [0.25, 0.3) is 0 Å². The number of rotatable bonds is 8. The van der Waals surface area contributed by atoms with E-state index in [-0.39, 0.29) is 0 Å². The first-order valence-electron chi connectivity index (χ1n) is 21.6. The minimum atomic E-state index is 0.612. The van der Waals surface area contributed by atoms with Crippen molar-refractivity contribution in [2.24, 2.45) is 0 Å². The third-order valence-electron chi connectivity index (χ3n) is 12.3. The Bertz CT molecular complexity index is 3490. The number of hydrogen-bond acceptors (Lipinski definition) is 3. The second-order valence-electron chi connectivity index (χ2n) is 16.1. The summed E-state index contributed by atoms with van der Waals surface area (Å²) < 4.78 is 4.75. The summed E-state index contributed by atoms with van der Waals surface area (Å²) in [5.74, 6) is 0.637. The van der Waals surface area contributed by atoms with Crippen molar-refractivity contribution in [3.63, 3.8) is 0 Å². The second-order valence-corrected chi connectivity index (χ2v) is 16.1. The molecular formula is C59H41N5. The zero-order chi connectivity index (χ0) is 43.1.